The van der Waals surface area contributed by atoms with Gasteiger partial charge in [0.25, 0.3) is 0 Å². The van der Waals surface area contributed by atoms with Gasteiger partial charge in [-0.25, -0.2) is 4.39 Å². The zero-order valence-corrected chi connectivity index (χ0v) is 12.2. The minimum absolute atomic E-state index is 0.0814. The molecule has 0 fully saturated rings. The van der Waals surface area contributed by atoms with Crippen molar-refractivity contribution in [2.45, 2.75) is 32.0 Å². The predicted octanol–water partition coefficient (Wildman–Crippen LogP) is 4.43. The number of ether oxygens (including phenoxy) is 1. The lowest BCUT2D eigenvalue weighted by Gasteiger charge is -2.23. The normalized spacial score (nSPS) is 17.4. The van der Waals surface area contributed by atoms with Crippen LogP contribution in [0.2, 0.25) is 5.02 Å². The summed E-state index contributed by atoms with van der Waals surface area (Å²) in [6.07, 6.45) is 2.13. The molecular formula is C17H16ClFO2. The molecule has 1 atom stereocenters. The second kappa shape index (κ2) is 6.04. The van der Waals surface area contributed by atoms with Crippen LogP contribution in [0, 0.1) is 5.82 Å². The molecule has 0 aromatic heterocycles. The maximum absolute atomic E-state index is 13.7. The maximum atomic E-state index is 13.7. The molecule has 2 aromatic carbocycles. The summed E-state index contributed by atoms with van der Waals surface area (Å²) in [7, 11) is 0. The van der Waals surface area contributed by atoms with E-state index in [0.29, 0.717) is 16.3 Å². The van der Waals surface area contributed by atoms with Crippen LogP contribution in [0.25, 0.3) is 0 Å². The van der Waals surface area contributed by atoms with Crippen molar-refractivity contribution >= 4 is 11.6 Å². The Labute approximate surface area is 128 Å². The monoisotopic (exact) mass is 306 g/mol. The van der Waals surface area contributed by atoms with Gasteiger partial charge in [-0.2, -0.15) is 0 Å². The van der Waals surface area contributed by atoms with Crippen LogP contribution in [-0.4, -0.2) is 5.11 Å². The molecule has 2 aromatic rings. The van der Waals surface area contributed by atoms with Crippen LogP contribution >= 0.6 is 11.6 Å². The molecule has 21 heavy (non-hydrogen) atoms. The van der Waals surface area contributed by atoms with Gasteiger partial charge in [-0.15, -0.1) is 0 Å². The van der Waals surface area contributed by atoms with E-state index in [1.165, 1.54) is 6.07 Å². The van der Waals surface area contributed by atoms with Crippen LogP contribution < -0.4 is 4.74 Å². The van der Waals surface area contributed by atoms with Crippen LogP contribution in [0.4, 0.5) is 4.39 Å². The van der Waals surface area contributed by atoms with E-state index in [-0.39, 0.29) is 12.4 Å². The predicted molar refractivity (Wildman–Crippen MR) is 80.1 cm³/mol. The lowest BCUT2D eigenvalue weighted by atomic mass is 9.89. The summed E-state index contributed by atoms with van der Waals surface area (Å²) in [5, 5.41) is 10.4. The van der Waals surface area contributed by atoms with Crippen molar-refractivity contribution in [2.75, 3.05) is 0 Å². The number of benzene rings is 2. The van der Waals surface area contributed by atoms with Gasteiger partial charge in [0.15, 0.2) is 0 Å². The molecule has 0 bridgehead atoms. The number of halogens is 2. The van der Waals surface area contributed by atoms with Gasteiger partial charge in [-0.3, -0.25) is 0 Å². The Bertz CT molecular complexity index is 637. The molecule has 1 N–H and O–H groups in total. The largest absolute Gasteiger partial charge is 0.488 e. The average molecular weight is 307 g/mol. The van der Waals surface area contributed by atoms with E-state index >= 15 is 0 Å². The summed E-state index contributed by atoms with van der Waals surface area (Å²) >= 11 is 6.00. The Kier molecular flexibility index (Phi) is 4.13. The summed E-state index contributed by atoms with van der Waals surface area (Å²) in [6.45, 7) is 0.0814. The van der Waals surface area contributed by atoms with E-state index in [2.05, 4.69) is 0 Å². The smallest absolute Gasteiger partial charge is 0.131 e. The SMILES string of the molecule is OC1CCCc2c(OCc3c(F)cccc3Cl)cccc21. The minimum atomic E-state index is -0.436. The van der Waals surface area contributed by atoms with Crippen LogP contribution in [0.1, 0.15) is 35.6 Å². The fourth-order valence-corrected chi connectivity index (χ4v) is 2.96. The fraction of sp³-hybridized carbons (Fsp3) is 0.294. The highest BCUT2D eigenvalue weighted by Gasteiger charge is 2.21. The second-order valence-electron chi connectivity index (χ2n) is 5.22. The third-order valence-electron chi connectivity index (χ3n) is 3.87. The minimum Gasteiger partial charge on any atom is -0.488 e. The van der Waals surface area contributed by atoms with E-state index in [9.17, 15) is 9.50 Å². The lowest BCUT2D eigenvalue weighted by Crippen LogP contribution is -2.11. The topological polar surface area (TPSA) is 29.5 Å². The summed E-state index contributed by atoms with van der Waals surface area (Å²) in [4.78, 5) is 0. The van der Waals surface area contributed by atoms with E-state index in [1.54, 1.807) is 12.1 Å². The fourth-order valence-electron chi connectivity index (χ4n) is 2.75. The molecule has 0 spiro atoms. The van der Waals surface area contributed by atoms with Crippen molar-refractivity contribution in [1.29, 1.82) is 0 Å². The molecule has 1 aliphatic rings. The van der Waals surface area contributed by atoms with Crippen LogP contribution in [-0.2, 0) is 13.0 Å². The van der Waals surface area contributed by atoms with Crippen molar-refractivity contribution in [3.05, 3.63) is 63.9 Å². The molecule has 2 nitrogen and oxygen atoms in total. The highest BCUT2D eigenvalue weighted by molar-refractivity contribution is 6.31. The van der Waals surface area contributed by atoms with Gasteiger partial charge in [-0.1, -0.05) is 29.8 Å². The molecule has 0 amide bonds. The van der Waals surface area contributed by atoms with E-state index < -0.39 is 6.10 Å². The number of hydrogen-bond acceptors (Lipinski definition) is 2. The first kappa shape index (κ1) is 14.4. The van der Waals surface area contributed by atoms with Crippen molar-refractivity contribution in [2.24, 2.45) is 0 Å². The quantitative estimate of drug-likeness (QED) is 0.909. The Morgan fingerprint density at radius 3 is 2.86 bits per heavy atom. The van der Waals surface area contributed by atoms with E-state index in [4.69, 9.17) is 16.3 Å². The Hall–Kier alpha value is -1.58. The molecule has 0 saturated carbocycles. The Morgan fingerprint density at radius 2 is 2.05 bits per heavy atom. The first-order valence-electron chi connectivity index (χ1n) is 7.02. The average Bonchev–Trinajstić information content (AvgIpc) is 2.47. The summed E-state index contributed by atoms with van der Waals surface area (Å²) < 4.78 is 19.5. The molecule has 1 unspecified atom stereocenters. The van der Waals surface area contributed by atoms with Gasteiger partial charge in [0.05, 0.1) is 11.1 Å². The van der Waals surface area contributed by atoms with Crippen molar-refractivity contribution in [3.63, 3.8) is 0 Å². The molecule has 4 heteroatoms. The number of hydrogen-bond donors (Lipinski definition) is 1. The highest BCUT2D eigenvalue weighted by Crippen LogP contribution is 2.35. The van der Waals surface area contributed by atoms with Crippen molar-refractivity contribution in [1.82, 2.24) is 0 Å². The first-order valence-corrected chi connectivity index (χ1v) is 7.40. The summed E-state index contributed by atoms with van der Waals surface area (Å²) in [5.74, 6) is 0.331. The molecule has 110 valence electrons. The van der Waals surface area contributed by atoms with Crippen molar-refractivity contribution in [3.8, 4) is 5.75 Å². The third-order valence-corrected chi connectivity index (χ3v) is 4.22. The van der Waals surface area contributed by atoms with Crippen LogP contribution in [0.3, 0.4) is 0 Å². The molecular weight excluding hydrogens is 291 g/mol. The van der Waals surface area contributed by atoms with Gasteiger partial charge in [0.2, 0.25) is 0 Å². The number of aliphatic hydroxyl groups is 1. The Morgan fingerprint density at radius 1 is 1.24 bits per heavy atom. The van der Waals surface area contributed by atoms with Gasteiger partial charge in [0, 0.05) is 5.56 Å². The van der Waals surface area contributed by atoms with Crippen LogP contribution in [0.5, 0.6) is 5.75 Å². The highest BCUT2D eigenvalue weighted by atomic mass is 35.5. The van der Waals surface area contributed by atoms with Gasteiger partial charge in [-0.05, 0) is 48.6 Å². The first-order chi connectivity index (χ1) is 10.2. The van der Waals surface area contributed by atoms with Gasteiger partial charge in [0.1, 0.15) is 18.2 Å². The molecule has 0 saturated heterocycles. The molecule has 1 aliphatic carbocycles. The molecule has 3 rings (SSSR count). The number of fused-ring (bicyclic) bond motifs is 1. The third kappa shape index (κ3) is 2.89. The zero-order chi connectivity index (χ0) is 14.8. The van der Waals surface area contributed by atoms with Gasteiger partial charge >= 0.3 is 0 Å². The van der Waals surface area contributed by atoms with Gasteiger partial charge < -0.3 is 9.84 Å². The summed E-state index contributed by atoms with van der Waals surface area (Å²) in [5.41, 5.74) is 2.29. The van der Waals surface area contributed by atoms with Crippen molar-refractivity contribution < 1.29 is 14.2 Å². The summed E-state index contributed by atoms with van der Waals surface area (Å²) in [6, 6.07) is 10.2. The zero-order valence-electron chi connectivity index (χ0n) is 11.5. The standard InChI is InChI=1S/C17H16ClFO2/c18-14-6-3-7-15(19)13(14)10-21-17-9-2-4-11-12(17)5-1-8-16(11)20/h2-4,6-7,9,16,20H,1,5,8,10H2. The lowest BCUT2D eigenvalue weighted by molar-refractivity contribution is 0.155. The Balaban J connectivity index is 1.85. The van der Waals surface area contributed by atoms with E-state index in [0.717, 1.165) is 30.4 Å². The second-order valence-corrected chi connectivity index (χ2v) is 5.63. The molecule has 0 aliphatic heterocycles. The number of aliphatic hydroxyl groups excluding tert-OH is 1. The van der Waals surface area contributed by atoms with Crippen LogP contribution in [0.15, 0.2) is 36.4 Å². The molecule has 0 heterocycles. The number of rotatable bonds is 3. The molecule has 0 radical (unpaired) electrons. The van der Waals surface area contributed by atoms with E-state index in [1.807, 2.05) is 18.2 Å². The maximum Gasteiger partial charge on any atom is 0.131 e.